The summed E-state index contributed by atoms with van der Waals surface area (Å²) in [5, 5.41) is 10.8. The highest BCUT2D eigenvalue weighted by atomic mass is 35.5. The van der Waals surface area contributed by atoms with Crippen molar-refractivity contribution in [1.29, 1.82) is 0 Å². The van der Waals surface area contributed by atoms with Gasteiger partial charge in [-0.3, -0.25) is 4.79 Å². The molecule has 2 aromatic carbocycles. The second-order valence-electron chi connectivity index (χ2n) is 5.92. The maximum atomic E-state index is 13.2. The van der Waals surface area contributed by atoms with Crippen molar-refractivity contribution in [2.75, 3.05) is 27.4 Å². The van der Waals surface area contributed by atoms with Gasteiger partial charge in [-0.15, -0.1) is 0 Å². The molecule has 0 atom stereocenters. The number of halogens is 2. The Morgan fingerprint density at radius 1 is 1.17 bits per heavy atom. The Labute approximate surface area is 179 Å². The minimum Gasteiger partial charge on any atom is -0.398 e. The maximum absolute atomic E-state index is 13.2. The molecule has 0 saturated carbocycles. The molecular weight excluding hydrogens is 413 g/mol. The highest BCUT2D eigenvalue weighted by molar-refractivity contribution is 6.46. The van der Waals surface area contributed by atoms with Gasteiger partial charge in [0.2, 0.25) is 0 Å². The summed E-state index contributed by atoms with van der Waals surface area (Å²) < 4.78 is 18.7. The van der Waals surface area contributed by atoms with Crippen LogP contribution in [0.2, 0.25) is 5.02 Å². The fourth-order valence-corrected chi connectivity index (χ4v) is 2.76. The van der Waals surface area contributed by atoms with Gasteiger partial charge in [-0.1, -0.05) is 46.2 Å². The molecule has 0 fully saturated rings. The van der Waals surface area contributed by atoms with Crippen LogP contribution in [0, 0.1) is 5.82 Å². The minimum absolute atomic E-state index is 0.0362. The number of rotatable bonds is 10. The smallest absolute Gasteiger partial charge is 0.273 e. The summed E-state index contributed by atoms with van der Waals surface area (Å²) in [6, 6.07) is 10.9. The van der Waals surface area contributed by atoms with Crippen LogP contribution < -0.4 is 5.32 Å². The number of likely N-dealkylation sites (N-methyl/N-ethyl adjacent to an activating group) is 1. The van der Waals surface area contributed by atoms with Gasteiger partial charge in [-0.25, -0.2) is 4.39 Å². The summed E-state index contributed by atoms with van der Waals surface area (Å²) in [5.41, 5.74) is 2.17. The van der Waals surface area contributed by atoms with Gasteiger partial charge in [0.25, 0.3) is 5.91 Å². The number of benzene rings is 2. The van der Waals surface area contributed by atoms with E-state index in [1.807, 2.05) is 6.92 Å². The number of oxime groups is 2. The van der Waals surface area contributed by atoms with E-state index >= 15 is 0 Å². The quantitative estimate of drug-likeness (QED) is 0.457. The van der Waals surface area contributed by atoms with E-state index in [9.17, 15) is 9.18 Å². The Hall–Kier alpha value is -2.97. The molecular formula is C21H23ClFN3O4. The number of nitrogens with one attached hydrogen (secondary N) is 1. The van der Waals surface area contributed by atoms with E-state index in [1.165, 1.54) is 26.3 Å². The van der Waals surface area contributed by atoms with Gasteiger partial charge in [-0.05, 0) is 25.1 Å². The van der Waals surface area contributed by atoms with Crippen molar-refractivity contribution >= 4 is 28.9 Å². The third kappa shape index (κ3) is 6.27. The molecule has 1 amide bonds. The van der Waals surface area contributed by atoms with Crippen molar-refractivity contribution in [3.8, 4) is 0 Å². The molecule has 30 heavy (non-hydrogen) atoms. The standard InChI is InChI=1S/C21H23ClFN3O4/c1-4-29-13-19(14-8-10-15(23)11-9-14)25-30-12-17-16(6-5-7-18(17)22)20(26-28-3)21(27)24-2/h5-11H,4,12-13H2,1-3H3,(H,24,27)/b25-19+,26-20+. The molecule has 0 bridgehead atoms. The van der Waals surface area contributed by atoms with Crippen LogP contribution in [0.5, 0.6) is 0 Å². The number of carbonyl (C=O) groups is 1. The molecule has 7 nitrogen and oxygen atoms in total. The van der Waals surface area contributed by atoms with Crippen molar-refractivity contribution in [1.82, 2.24) is 5.32 Å². The van der Waals surface area contributed by atoms with Gasteiger partial charge in [0.15, 0.2) is 5.71 Å². The van der Waals surface area contributed by atoms with Crippen LogP contribution >= 0.6 is 11.6 Å². The van der Waals surface area contributed by atoms with Gasteiger partial charge in [0, 0.05) is 35.4 Å². The second kappa shape index (κ2) is 11.9. The van der Waals surface area contributed by atoms with Crippen LogP contribution in [0.3, 0.4) is 0 Å². The second-order valence-corrected chi connectivity index (χ2v) is 6.33. The summed E-state index contributed by atoms with van der Waals surface area (Å²) >= 11 is 6.33. The minimum atomic E-state index is -0.438. The van der Waals surface area contributed by atoms with Crippen LogP contribution in [0.25, 0.3) is 0 Å². The summed E-state index contributed by atoms with van der Waals surface area (Å²) in [5.74, 6) is -0.789. The number of ether oxygens (including phenoxy) is 1. The summed E-state index contributed by atoms with van der Waals surface area (Å²) in [4.78, 5) is 22.5. The van der Waals surface area contributed by atoms with Crippen molar-refractivity contribution in [3.63, 3.8) is 0 Å². The van der Waals surface area contributed by atoms with E-state index in [4.69, 9.17) is 26.0 Å². The van der Waals surface area contributed by atoms with Crippen molar-refractivity contribution in [2.24, 2.45) is 10.3 Å². The van der Waals surface area contributed by atoms with E-state index in [2.05, 4.69) is 15.6 Å². The van der Waals surface area contributed by atoms with Crippen molar-refractivity contribution in [2.45, 2.75) is 13.5 Å². The number of hydrogen-bond acceptors (Lipinski definition) is 6. The molecule has 0 saturated heterocycles. The third-order valence-corrected chi connectivity index (χ3v) is 4.36. The molecule has 0 aromatic heterocycles. The highest BCUT2D eigenvalue weighted by Gasteiger charge is 2.20. The fourth-order valence-electron chi connectivity index (χ4n) is 2.53. The highest BCUT2D eigenvalue weighted by Crippen LogP contribution is 2.22. The van der Waals surface area contributed by atoms with E-state index in [0.29, 0.717) is 34.0 Å². The summed E-state index contributed by atoms with van der Waals surface area (Å²) in [6.07, 6.45) is 0. The maximum Gasteiger partial charge on any atom is 0.273 e. The predicted octanol–water partition coefficient (Wildman–Crippen LogP) is 3.53. The topological polar surface area (TPSA) is 81.5 Å². The first kappa shape index (κ1) is 23.3. The van der Waals surface area contributed by atoms with Crippen LogP contribution in [-0.4, -0.2) is 44.7 Å². The lowest BCUT2D eigenvalue weighted by molar-refractivity contribution is -0.114. The van der Waals surface area contributed by atoms with E-state index in [1.54, 1.807) is 30.3 Å². The number of carbonyl (C=O) groups excluding carboxylic acids is 1. The van der Waals surface area contributed by atoms with Crippen LogP contribution in [0.15, 0.2) is 52.8 Å². The van der Waals surface area contributed by atoms with E-state index in [0.717, 1.165) is 0 Å². The molecule has 0 aliphatic rings. The molecule has 1 N–H and O–H groups in total. The Morgan fingerprint density at radius 3 is 2.53 bits per heavy atom. The van der Waals surface area contributed by atoms with E-state index < -0.39 is 5.91 Å². The zero-order chi connectivity index (χ0) is 21.9. The first-order valence-corrected chi connectivity index (χ1v) is 9.53. The molecule has 2 rings (SSSR count). The van der Waals surface area contributed by atoms with Crippen molar-refractivity contribution in [3.05, 3.63) is 70.0 Å². The molecule has 0 spiro atoms. The number of hydrogen-bond donors (Lipinski definition) is 1. The van der Waals surface area contributed by atoms with Gasteiger partial charge in [0.05, 0.1) is 6.61 Å². The first-order valence-electron chi connectivity index (χ1n) is 9.15. The summed E-state index contributed by atoms with van der Waals surface area (Å²) in [7, 11) is 2.83. The lowest BCUT2D eigenvalue weighted by Gasteiger charge is -2.12. The lowest BCUT2D eigenvalue weighted by atomic mass is 10.0. The molecule has 0 heterocycles. The van der Waals surface area contributed by atoms with E-state index in [-0.39, 0.29) is 24.7 Å². The number of nitrogens with zero attached hydrogens (tertiary/aromatic N) is 2. The largest absolute Gasteiger partial charge is 0.398 e. The average Bonchev–Trinajstić information content (AvgIpc) is 2.75. The predicted molar refractivity (Wildman–Crippen MR) is 113 cm³/mol. The molecule has 9 heteroatoms. The first-order chi connectivity index (χ1) is 14.5. The summed E-state index contributed by atoms with van der Waals surface area (Å²) in [6.45, 7) is 2.49. The van der Waals surface area contributed by atoms with Crippen LogP contribution in [0.4, 0.5) is 4.39 Å². The SMILES string of the molecule is CCOC/C(=N\OCc1c(Cl)cccc1/C(=N\OC)C(=O)NC)c1ccc(F)cc1. The van der Waals surface area contributed by atoms with Gasteiger partial charge < -0.3 is 19.7 Å². The Bertz CT molecular complexity index is 917. The van der Waals surface area contributed by atoms with Gasteiger partial charge in [0.1, 0.15) is 25.2 Å². The molecule has 0 aliphatic heterocycles. The number of amides is 1. The van der Waals surface area contributed by atoms with Gasteiger partial charge in [-0.2, -0.15) is 0 Å². The van der Waals surface area contributed by atoms with Crippen LogP contribution in [0.1, 0.15) is 23.6 Å². The fraction of sp³-hybridized carbons (Fsp3) is 0.286. The van der Waals surface area contributed by atoms with Crippen LogP contribution in [-0.2, 0) is 25.8 Å². The molecule has 0 unspecified atom stereocenters. The van der Waals surface area contributed by atoms with Crippen molar-refractivity contribution < 1.29 is 23.6 Å². The van der Waals surface area contributed by atoms with Gasteiger partial charge >= 0.3 is 0 Å². The Kier molecular flexibility index (Phi) is 9.24. The Morgan fingerprint density at radius 2 is 1.90 bits per heavy atom. The normalized spacial score (nSPS) is 11.9. The molecule has 2 aromatic rings. The molecule has 0 radical (unpaired) electrons. The lowest BCUT2D eigenvalue weighted by Crippen LogP contribution is -2.29. The monoisotopic (exact) mass is 435 g/mol. The average molecular weight is 436 g/mol. The zero-order valence-corrected chi connectivity index (χ0v) is 17.7. The Balaban J connectivity index is 2.31. The molecule has 160 valence electrons. The third-order valence-electron chi connectivity index (χ3n) is 4.00. The zero-order valence-electron chi connectivity index (χ0n) is 16.9. The molecule has 0 aliphatic carbocycles.